The molecule has 1 aromatic carbocycles. The quantitative estimate of drug-likeness (QED) is 0.837. The highest BCUT2D eigenvalue weighted by molar-refractivity contribution is 8.00. The van der Waals surface area contributed by atoms with E-state index in [9.17, 15) is 0 Å². The highest BCUT2D eigenvalue weighted by Gasteiger charge is 2.27. The molecule has 1 aliphatic heterocycles. The highest BCUT2D eigenvalue weighted by atomic mass is 35.5. The molecule has 0 aromatic heterocycles. The standard InChI is InChI=1S/C13H19ClN2S/c1-13(2)9-16(5-6-17-13)8-10-3-4-11(15)7-12(10)14/h3-4,7H,5-6,8-9,15H2,1-2H3. The van der Waals surface area contributed by atoms with E-state index in [1.54, 1.807) is 0 Å². The second kappa shape index (κ2) is 5.09. The molecule has 0 aliphatic carbocycles. The number of rotatable bonds is 2. The van der Waals surface area contributed by atoms with Crippen molar-refractivity contribution < 1.29 is 0 Å². The summed E-state index contributed by atoms with van der Waals surface area (Å²) in [6.07, 6.45) is 0. The maximum absolute atomic E-state index is 6.21. The Morgan fingerprint density at radius 3 is 2.88 bits per heavy atom. The third kappa shape index (κ3) is 3.54. The number of hydrogen-bond acceptors (Lipinski definition) is 3. The zero-order valence-corrected chi connectivity index (χ0v) is 11.9. The van der Waals surface area contributed by atoms with Gasteiger partial charge in [0.15, 0.2) is 0 Å². The van der Waals surface area contributed by atoms with Gasteiger partial charge in [0.25, 0.3) is 0 Å². The molecule has 4 heteroatoms. The normalized spacial score (nSPS) is 20.4. The van der Waals surface area contributed by atoms with E-state index in [-0.39, 0.29) is 0 Å². The Bertz CT molecular complexity index is 406. The smallest absolute Gasteiger partial charge is 0.0471 e. The number of thioether (sulfide) groups is 1. The molecule has 17 heavy (non-hydrogen) atoms. The third-order valence-electron chi connectivity index (χ3n) is 2.98. The van der Waals surface area contributed by atoms with Crippen LogP contribution in [0.2, 0.25) is 5.02 Å². The summed E-state index contributed by atoms with van der Waals surface area (Å²) in [5.74, 6) is 1.19. The molecule has 0 amide bonds. The summed E-state index contributed by atoms with van der Waals surface area (Å²) in [5.41, 5.74) is 7.60. The van der Waals surface area contributed by atoms with Crippen molar-refractivity contribution in [1.82, 2.24) is 4.90 Å². The fourth-order valence-corrected chi connectivity index (χ4v) is 3.61. The molecule has 1 fully saturated rings. The number of halogens is 1. The minimum absolute atomic E-state index is 0.346. The minimum atomic E-state index is 0.346. The Morgan fingerprint density at radius 1 is 1.47 bits per heavy atom. The first-order chi connectivity index (χ1) is 7.96. The predicted molar refractivity (Wildman–Crippen MR) is 77.7 cm³/mol. The summed E-state index contributed by atoms with van der Waals surface area (Å²) in [6.45, 7) is 7.76. The maximum atomic E-state index is 6.21. The van der Waals surface area contributed by atoms with Gasteiger partial charge in [-0.05, 0) is 31.5 Å². The molecule has 1 heterocycles. The lowest BCUT2D eigenvalue weighted by Gasteiger charge is -2.37. The van der Waals surface area contributed by atoms with E-state index in [2.05, 4.69) is 18.7 Å². The van der Waals surface area contributed by atoms with Crippen molar-refractivity contribution in [3.8, 4) is 0 Å². The van der Waals surface area contributed by atoms with Crippen LogP contribution >= 0.6 is 23.4 Å². The predicted octanol–water partition coefficient (Wildman–Crippen LogP) is 3.25. The number of benzene rings is 1. The van der Waals surface area contributed by atoms with Crippen LogP contribution in [0.1, 0.15) is 19.4 Å². The minimum Gasteiger partial charge on any atom is -0.399 e. The number of nitrogens with zero attached hydrogens (tertiary/aromatic N) is 1. The Morgan fingerprint density at radius 2 is 2.24 bits per heavy atom. The van der Waals surface area contributed by atoms with Crippen molar-refractivity contribution in [1.29, 1.82) is 0 Å². The van der Waals surface area contributed by atoms with E-state index in [4.69, 9.17) is 17.3 Å². The van der Waals surface area contributed by atoms with E-state index in [0.717, 1.165) is 30.3 Å². The molecule has 1 saturated heterocycles. The van der Waals surface area contributed by atoms with Crippen LogP contribution in [-0.2, 0) is 6.54 Å². The van der Waals surface area contributed by atoms with Crippen molar-refractivity contribution in [3.63, 3.8) is 0 Å². The highest BCUT2D eigenvalue weighted by Crippen LogP contribution is 2.31. The van der Waals surface area contributed by atoms with Gasteiger partial charge in [0, 0.05) is 40.8 Å². The topological polar surface area (TPSA) is 29.3 Å². The molecule has 0 unspecified atom stereocenters. The van der Waals surface area contributed by atoms with Gasteiger partial charge in [0.05, 0.1) is 0 Å². The van der Waals surface area contributed by atoms with Crippen LogP contribution in [-0.4, -0.2) is 28.5 Å². The Hall–Kier alpha value is -0.380. The first kappa shape index (κ1) is 13.1. The lowest BCUT2D eigenvalue weighted by Crippen LogP contribution is -2.42. The Balaban J connectivity index is 2.05. The number of hydrogen-bond donors (Lipinski definition) is 1. The molecule has 0 spiro atoms. The summed E-state index contributed by atoms with van der Waals surface area (Å²) >= 11 is 8.25. The van der Waals surface area contributed by atoms with Crippen LogP contribution in [0.3, 0.4) is 0 Å². The first-order valence-electron chi connectivity index (χ1n) is 5.86. The van der Waals surface area contributed by atoms with Crippen molar-refractivity contribution in [2.75, 3.05) is 24.6 Å². The molecule has 0 radical (unpaired) electrons. The maximum Gasteiger partial charge on any atom is 0.0471 e. The molecule has 0 bridgehead atoms. The first-order valence-corrected chi connectivity index (χ1v) is 7.23. The van der Waals surface area contributed by atoms with Crippen molar-refractivity contribution in [2.45, 2.75) is 25.1 Å². The lowest BCUT2D eigenvalue weighted by atomic mass is 10.1. The molecule has 2 nitrogen and oxygen atoms in total. The molecular formula is C13H19ClN2S. The van der Waals surface area contributed by atoms with Gasteiger partial charge in [-0.15, -0.1) is 0 Å². The number of nitrogens with two attached hydrogens (primary N) is 1. The fraction of sp³-hybridized carbons (Fsp3) is 0.538. The zero-order valence-electron chi connectivity index (χ0n) is 10.4. The molecule has 0 atom stereocenters. The van der Waals surface area contributed by atoms with Gasteiger partial charge < -0.3 is 5.73 Å². The monoisotopic (exact) mass is 270 g/mol. The Kier molecular flexibility index (Phi) is 3.91. The van der Waals surface area contributed by atoms with Crippen LogP contribution in [0.5, 0.6) is 0 Å². The van der Waals surface area contributed by atoms with Gasteiger partial charge in [0.1, 0.15) is 0 Å². The van der Waals surface area contributed by atoms with Crippen LogP contribution in [0.4, 0.5) is 5.69 Å². The largest absolute Gasteiger partial charge is 0.399 e. The van der Waals surface area contributed by atoms with E-state index < -0.39 is 0 Å². The molecule has 2 N–H and O–H groups in total. The van der Waals surface area contributed by atoms with Crippen LogP contribution in [0.25, 0.3) is 0 Å². The van der Waals surface area contributed by atoms with Gasteiger partial charge in [-0.2, -0.15) is 11.8 Å². The van der Waals surface area contributed by atoms with Crippen LogP contribution in [0.15, 0.2) is 18.2 Å². The van der Waals surface area contributed by atoms with E-state index >= 15 is 0 Å². The third-order valence-corrected chi connectivity index (χ3v) is 4.62. The van der Waals surface area contributed by atoms with E-state index in [1.807, 2.05) is 30.0 Å². The molecule has 1 aliphatic rings. The molecule has 2 rings (SSSR count). The lowest BCUT2D eigenvalue weighted by molar-refractivity contribution is 0.252. The van der Waals surface area contributed by atoms with Gasteiger partial charge >= 0.3 is 0 Å². The van der Waals surface area contributed by atoms with E-state index in [1.165, 1.54) is 11.3 Å². The average Bonchev–Trinajstić information content (AvgIpc) is 2.21. The summed E-state index contributed by atoms with van der Waals surface area (Å²) in [5, 5.41) is 0.779. The van der Waals surface area contributed by atoms with Crippen LogP contribution < -0.4 is 5.73 Å². The summed E-state index contributed by atoms with van der Waals surface area (Å²) in [6, 6.07) is 5.79. The summed E-state index contributed by atoms with van der Waals surface area (Å²) in [7, 11) is 0. The van der Waals surface area contributed by atoms with E-state index in [0.29, 0.717) is 4.75 Å². The molecule has 1 aromatic rings. The fourth-order valence-electron chi connectivity index (χ4n) is 2.18. The SMILES string of the molecule is CC1(C)CN(Cc2ccc(N)cc2Cl)CCS1. The number of anilines is 1. The van der Waals surface area contributed by atoms with Crippen LogP contribution in [0, 0.1) is 0 Å². The Labute approximate surface area is 113 Å². The van der Waals surface area contributed by atoms with Crippen molar-refractivity contribution in [2.24, 2.45) is 0 Å². The van der Waals surface area contributed by atoms with Gasteiger partial charge in [-0.25, -0.2) is 0 Å². The number of nitrogen functional groups attached to an aromatic ring is 1. The van der Waals surface area contributed by atoms with Crippen molar-refractivity contribution >= 4 is 29.1 Å². The van der Waals surface area contributed by atoms with Gasteiger partial charge in [-0.1, -0.05) is 17.7 Å². The summed E-state index contributed by atoms with van der Waals surface area (Å²) in [4.78, 5) is 2.47. The second-order valence-corrected chi connectivity index (χ2v) is 7.38. The molecular weight excluding hydrogens is 252 g/mol. The average molecular weight is 271 g/mol. The van der Waals surface area contributed by atoms with Gasteiger partial charge in [-0.3, -0.25) is 4.90 Å². The second-order valence-electron chi connectivity index (χ2n) is 5.17. The summed E-state index contributed by atoms with van der Waals surface area (Å²) < 4.78 is 0.346. The zero-order chi connectivity index (χ0) is 12.5. The molecule has 94 valence electrons. The van der Waals surface area contributed by atoms with Crippen molar-refractivity contribution in [3.05, 3.63) is 28.8 Å². The van der Waals surface area contributed by atoms with Gasteiger partial charge in [0.2, 0.25) is 0 Å². The molecule has 0 saturated carbocycles.